The van der Waals surface area contributed by atoms with Gasteiger partial charge in [0.2, 0.25) is 11.8 Å². The summed E-state index contributed by atoms with van der Waals surface area (Å²) in [5.74, 6) is -0.674. The number of rotatable bonds is 9. The first-order valence-electron chi connectivity index (χ1n) is 12.8. The first kappa shape index (κ1) is 29.6. The molecule has 0 aliphatic heterocycles. The van der Waals surface area contributed by atoms with Crippen LogP contribution >= 0.6 is 0 Å². The van der Waals surface area contributed by atoms with Gasteiger partial charge in [0.15, 0.2) is 0 Å². The number of nitrogens with one attached hydrogen (secondary N) is 1. The van der Waals surface area contributed by atoms with E-state index in [0.717, 1.165) is 11.1 Å². The Bertz CT molecular complexity index is 965. The number of nitrogens with zero attached hydrogens (tertiary/aromatic N) is 2. The highest BCUT2D eigenvalue weighted by Gasteiger charge is 2.48. The molecule has 0 fully saturated rings. The second kappa shape index (κ2) is 11.6. The van der Waals surface area contributed by atoms with Gasteiger partial charge in [0, 0.05) is 25.5 Å². The molecule has 0 bridgehead atoms. The molecule has 2 unspecified atom stereocenters. The van der Waals surface area contributed by atoms with Gasteiger partial charge in [0.25, 0.3) is 0 Å². The molecule has 1 aliphatic rings. The Kier molecular flexibility index (Phi) is 9.52. The van der Waals surface area contributed by atoms with E-state index >= 15 is 0 Å². The summed E-state index contributed by atoms with van der Waals surface area (Å²) >= 11 is 0. The van der Waals surface area contributed by atoms with Crippen molar-refractivity contribution >= 4 is 17.8 Å². The van der Waals surface area contributed by atoms with E-state index in [1.165, 1.54) is 0 Å². The average molecular weight is 500 g/mol. The molecule has 200 valence electrons. The van der Waals surface area contributed by atoms with Crippen LogP contribution in [0.25, 0.3) is 0 Å². The third kappa shape index (κ3) is 6.36. The molecule has 7 heteroatoms. The topological polar surface area (TPSA) is 79.0 Å². The van der Waals surface area contributed by atoms with Crippen molar-refractivity contribution in [3.8, 4) is 0 Å². The standard InChI is InChI=1S/C29H45N3O4/c1-11-36-26(34)20(4)16-23(19(2)3)32(10)25(33)24(28(5,6)7)30-27(35)29(31(8)9)17-21-14-12-13-15-22(21)18-29/h12-16,19,23-24H,11,17-18H2,1-10H3,(H,30,35)/b20-16+. The Labute approximate surface area is 217 Å². The predicted octanol–water partition coefficient (Wildman–Crippen LogP) is 3.61. The molecule has 0 saturated carbocycles. The smallest absolute Gasteiger partial charge is 0.333 e. The van der Waals surface area contributed by atoms with Crippen LogP contribution in [0.15, 0.2) is 35.9 Å². The maximum Gasteiger partial charge on any atom is 0.333 e. The zero-order valence-corrected chi connectivity index (χ0v) is 23.8. The monoisotopic (exact) mass is 499 g/mol. The lowest BCUT2D eigenvalue weighted by Crippen LogP contribution is -2.63. The molecular weight excluding hydrogens is 454 g/mol. The summed E-state index contributed by atoms with van der Waals surface area (Å²) in [7, 11) is 5.58. The number of benzene rings is 1. The maximum atomic E-state index is 13.9. The molecule has 2 amide bonds. The van der Waals surface area contributed by atoms with Gasteiger partial charge in [-0.1, -0.05) is 65.0 Å². The largest absolute Gasteiger partial charge is 0.463 e. The zero-order valence-electron chi connectivity index (χ0n) is 23.8. The molecule has 0 saturated heterocycles. The third-order valence-corrected chi connectivity index (χ3v) is 7.25. The Hall–Kier alpha value is -2.67. The number of esters is 1. The fourth-order valence-corrected chi connectivity index (χ4v) is 4.86. The highest BCUT2D eigenvalue weighted by atomic mass is 16.5. The van der Waals surface area contributed by atoms with E-state index in [1.54, 1.807) is 31.9 Å². The predicted molar refractivity (Wildman–Crippen MR) is 143 cm³/mol. The van der Waals surface area contributed by atoms with E-state index in [2.05, 4.69) is 17.4 Å². The van der Waals surface area contributed by atoms with Crippen LogP contribution in [-0.4, -0.2) is 73.0 Å². The van der Waals surface area contributed by atoms with E-state index in [-0.39, 0.29) is 23.8 Å². The van der Waals surface area contributed by atoms with Crippen LogP contribution in [0.2, 0.25) is 0 Å². The van der Waals surface area contributed by atoms with Crippen LogP contribution in [-0.2, 0) is 32.0 Å². The molecular formula is C29H45N3O4. The van der Waals surface area contributed by atoms with Gasteiger partial charge in [-0.05, 0) is 50.4 Å². The fourth-order valence-electron chi connectivity index (χ4n) is 4.86. The molecule has 1 aromatic carbocycles. The minimum Gasteiger partial charge on any atom is -0.463 e. The van der Waals surface area contributed by atoms with Crippen molar-refractivity contribution in [1.82, 2.24) is 15.1 Å². The highest BCUT2D eigenvalue weighted by Crippen LogP contribution is 2.34. The van der Waals surface area contributed by atoms with Gasteiger partial charge in [-0.15, -0.1) is 0 Å². The summed E-state index contributed by atoms with van der Waals surface area (Å²) in [5, 5.41) is 3.14. The summed E-state index contributed by atoms with van der Waals surface area (Å²) in [6.45, 7) is 13.6. The number of carbonyl (C=O) groups is 3. The molecule has 0 spiro atoms. The maximum absolute atomic E-state index is 13.9. The molecule has 0 aromatic heterocycles. The Balaban J connectivity index is 2.35. The third-order valence-electron chi connectivity index (χ3n) is 7.25. The van der Waals surface area contributed by atoms with Gasteiger partial charge in [0.1, 0.15) is 11.6 Å². The van der Waals surface area contributed by atoms with Crippen LogP contribution in [0.3, 0.4) is 0 Å². The van der Waals surface area contributed by atoms with Gasteiger partial charge < -0.3 is 15.0 Å². The molecule has 0 heterocycles. The normalized spacial score (nSPS) is 16.9. The molecule has 1 N–H and O–H groups in total. The fraction of sp³-hybridized carbons (Fsp3) is 0.621. The van der Waals surface area contributed by atoms with Crippen molar-refractivity contribution in [3.63, 3.8) is 0 Å². The average Bonchev–Trinajstić information content (AvgIpc) is 3.20. The van der Waals surface area contributed by atoms with Gasteiger partial charge in [0.05, 0.1) is 12.6 Å². The molecule has 36 heavy (non-hydrogen) atoms. The van der Waals surface area contributed by atoms with Gasteiger partial charge in [-0.25, -0.2) is 4.79 Å². The number of amides is 2. The quantitative estimate of drug-likeness (QED) is 0.415. The van der Waals surface area contributed by atoms with Crippen LogP contribution in [0, 0.1) is 11.3 Å². The molecule has 2 rings (SSSR count). The van der Waals surface area contributed by atoms with Crippen molar-refractivity contribution in [2.24, 2.45) is 11.3 Å². The Morgan fingerprint density at radius 2 is 1.61 bits per heavy atom. The summed E-state index contributed by atoms with van der Waals surface area (Å²) in [5.41, 5.74) is 1.50. The number of ether oxygens (including phenoxy) is 1. The second-order valence-corrected chi connectivity index (χ2v) is 11.6. The van der Waals surface area contributed by atoms with E-state index in [9.17, 15) is 14.4 Å². The first-order chi connectivity index (χ1) is 16.7. The van der Waals surface area contributed by atoms with Crippen molar-refractivity contribution in [2.45, 2.75) is 78.9 Å². The zero-order chi connectivity index (χ0) is 27.4. The summed E-state index contributed by atoms with van der Waals surface area (Å²) < 4.78 is 5.12. The molecule has 1 aromatic rings. The Morgan fingerprint density at radius 1 is 1.08 bits per heavy atom. The van der Waals surface area contributed by atoms with Crippen LogP contribution < -0.4 is 5.32 Å². The lowest BCUT2D eigenvalue weighted by molar-refractivity contribution is -0.143. The van der Waals surface area contributed by atoms with Crippen LogP contribution in [0.5, 0.6) is 0 Å². The van der Waals surface area contributed by atoms with Crippen LogP contribution in [0.1, 0.15) is 59.6 Å². The minimum atomic E-state index is -0.760. The van der Waals surface area contributed by atoms with Crippen molar-refractivity contribution < 1.29 is 19.1 Å². The molecule has 2 atom stereocenters. The van der Waals surface area contributed by atoms with E-state index < -0.39 is 23.0 Å². The lowest BCUT2D eigenvalue weighted by atomic mass is 9.83. The van der Waals surface area contributed by atoms with E-state index in [4.69, 9.17) is 4.74 Å². The van der Waals surface area contributed by atoms with Crippen LogP contribution in [0.4, 0.5) is 0 Å². The molecule has 1 aliphatic carbocycles. The number of likely N-dealkylation sites (N-methyl/N-ethyl adjacent to an activating group) is 2. The van der Waals surface area contributed by atoms with Gasteiger partial charge in [-0.2, -0.15) is 0 Å². The van der Waals surface area contributed by atoms with Crippen molar-refractivity contribution in [3.05, 3.63) is 47.0 Å². The first-order valence-corrected chi connectivity index (χ1v) is 12.8. The van der Waals surface area contributed by atoms with Gasteiger partial charge in [-0.3, -0.25) is 14.5 Å². The minimum absolute atomic E-state index is 0.0529. The van der Waals surface area contributed by atoms with E-state index in [1.807, 2.05) is 65.7 Å². The summed E-state index contributed by atoms with van der Waals surface area (Å²) in [6, 6.07) is 7.06. The van der Waals surface area contributed by atoms with Crippen molar-refractivity contribution in [1.29, 1.82) is 0 Å². The Morgan fingerprint density at radius 3 is 2.03 bits per heavy atom. The number of hydrogen-bond donors (Lipinski definition) is 1. The number of hydrogen-bond acceptors (Lipinski definition) is 5. The summed E-state index contributed by atoms with van der Waals surface area (Å²) in [4.78, 5) is 43.7. The second-order valence-electron chi connectivity index (χ2n) is 11.6. The number of fused-ring (bicyclic) bond motifs is 1. The summed E-state index contributed by atoms with van der Waals surface area (Å²) in [6.07, 6.45) is 2.98. The number of carbonyl (C=O) groups excluding carboxylic acids is 3. The van der Waals surface area contributed by atoms with E-state index in [0.29, 0.717) is 25.0 Å². The molecule has 0 radical (unpaired) electrons. The van der Waals surface area contributed by atoms with Crippen molar-refractivity contribution in [2.75, 3.05) is 27.7 Å². The molecule has 7 nitrogen and oxygen atoms in total. The SMILES string of the molecule is CCOC(=O)/C(C)=C/C(C(C)C)N(C)C(=O)C(NC(=O)C1(N(C)C)Cc2ccccc2C1)C(C)(C)C. The van der Waals surface area contributed by atoms with Gasteiger partial charge >= 0.3 is 5.97 Å². The highest BCUT2D eigenvalue weighted by molar-refractivity contribution is 5.94. The lowest BCUT2D eigenvalue weighted by Gasteiger charge is -2.41.